The topological polar surface area (TPSA) is 51.8 Å². The quantitative estimate of drug-likeness (QED) is 0.183. The molecule has 0 N–H and O–H groups in total. The Morgan fingerprint density at radius 3 is 1.71 bits per heavy atom. The minimum absolute atomic E-state index is 0.153. The van der Waals surface area contributed by atoms with Crippen molar-refractivity contribution >= 4 is 21.9 Å². The Labute approximate surface area is 302 Å². The van der Waals surface area contributed by atoms with E-state index in [4.69, 9.17) is 19.4 Å². The van der Waals surface area contributed by atoms with Crippen LogP contribution < -0.4 is 0 Å². The summed E-state index contributed by atoms with van der Waals surface area (Å²) in [6, 6.07) is 57.2. The molecule has 1 aliphatic rings. The molecule has 4 heteroatoms. The average molecular weight is 668 g/mol. The highest BCUT2D eigenvalue weighted by Gasteiger charge is 2.35. The van der Waals surface area contributed by atoms with Crippen LogP contribution in [0.5, 0.6) is 0 Å². The summed E-state index contributed by atoms with van der Waals surface area (Å²) in [7, 11) is 0. The highest BCUT2D eigenvalue weighted by Crippen LogP contribution is 2.49. The molecular formula is C48H33N3O. The molecule has 0 saturated carbocycles. The van der Waals surface area contributed by atoms with Gasteiger partial charge in [0.25, 0.3) is 0 Å². The minimum atomic E-state index is -0.153. The number of aromatic nitrogens is 3. The van der Waals surface area contributed by atoms with E-state index in [0.29, 0.717) is 17.5 Å². The van der Waals surface area contributed by atoms with Gasteiger partial charge in [-0.25, -0.2) is 15.0 Å². The summed E-state index contributed by atoms with van der Waals surface area (Å²) >= 11 is 0. The summed E-state index contributed by atoms with van der Waals surface area (Å²) < 4.78 is 6.49. The van der Waals surface area contributed by atoms with Crippen LogP contribution >= 0.6 is 0 Å². The van der Waals surface area contributed by atoms with Crippen molar-refractivity contribution < 1.29 is 4.42 Å². The minimum Gasteiger partial charge on any atom is -0.456 e. The highest BCUT2D eigenvalue weighted by atomic mass is 16.3. The van der Waals surface area contributed by atoms with Gasteiger partial charge in [-0.2, -0.15) is 0 Å². The molecule has 0 bridgehead atoms. The van der Waals surface area contributed by atoms with E-state index in [2.05, 4.69) is 153 Å². The Morgan fingerprint density at radius 2 is 0.942 bits per heavy atom. The Balaban J connectivity index is 1.21. The lowest BCUT2D eigenvalue weighted by atomic mass is 9.82. The van der Waals surface area contributed by atoms with Crippen molar-refractivity contribution in [1.82, 2.24) is 15.0 Å². The number of nitrogens with zero attached hydrogens (tertiary/aromatic N) is 3. The van der Waals surface area contributed by atoms with E-state index >= 15 is 0 Å². The fourth-order valence-corrected chi connectivity index (χ4v) is 7.87. The number of furan rings is 1. The van der Waals surface area contributed by atoms with E-state index in [1.165, 1.54) is 27.8 Å². The predicted molar refractivity (Wildman–Crippen MR) is 212 cm³/mol. The van der Waals surface area contributed by atoms with E-state index in [1.807, 2.05) is 24.3 Å². The van der Waals surface area contributed by atoms with Crippen LogP contribution in [0, 0.1) is 0 Å². The van der Waals surface area contributed by atoms with E-state index in [1.54, 1.807) is 0 Å². The number of fused-ring (bicyclic) bond motifs is 6. The normalized spacial score (nSPS) is 13.0. The third-order valence-electron chi connectivity index (χ3n) is 10.6. The molecule has 52 heavy (non-hydrogen) atoms. The Morgan fingerprint density at radius 1 is 0.385 bits per heavy atom. The standard InChI is InChI=1S/C48H33N3O/c1-48(2)40-19-11-9-17-36(40)37-26-25-34(28-41(37)48)46-49-45(33-23-21-32(22-24-33)30-13-5-3-6-14-30)50-47(51-46)39-27-35(31-15-7-4-8-16-31)29-43-44(39)38-18-10-12-20-42(38)52-43/h3-29H,1-2H3. The first-order valence-electron chi connectivity index (χ1n) is 17.7. The number of rotatable bonds is 5. The SMILES string of the molecule is CC1(C)c2ccccc2-c2ccc(-c3nc(-c4ccc(-c5ccccc5)cc4)nc(-c4cc(-c5ccccc5)cc5oc6ccccc6c45)n3)cc21. The molecule has 10 rings (SSSR count). The maximum absolute atomic E-state index is 6.49. The van der Waals surface area contributed by atoms with Crippen molar-refractivity contribution in [2.24, 2.45) is 0 Å². The van der Waals surface area contributed by atoms with Gasteiger partial charge in [0.2, 0.25) is 0 Å². The number of benzene rings is 7. The number of para-hydroxylation sites is 1. The lowest BCUT2D eigenvalue weighted by Gasteiger charge is -2.21. The molecule has 2 heterocycles. The van der Waals surface area contributed by atoms with Gasteiger partial charge in [0.15, 0.2) is 17.5 Å². The zero-order valence-corrected chi connectivity index (χ0v) is 28.8. The second kappa shape index (κ2) is 11.7. The molecule has 0 fully saturated rings. The molecule has 9 aromatic rings. The summed E-state index contributed by atoms with van der Waals surface area (Å²) in [5.41, 5.74) is 13.9. The first kappa shape index (κ1) is 30.2. The molecular weight excluding hydrogens is 635 g/mol. The van der Waals surface area contributed by atoms with Gasteiger partial charge in [0.05, 0.1) is 0 Å². The Kier molecular flexibility index (Phi) is 6.80. The van der Waals surface area contributed by atoms with Gasteiger partial charge in [-0.05, 0) is 68.8 Å². The lowest BCUT2D eigenvalue weighted by Crippen LogP contribution is -2.15. The number of hydrogen-bond acceptors (Lipinski definition) is 4. The fraction of sp³-hybridized carbons (Fsp3) is 0.0625. The van der Waals surface area contributed by atoms with Gasteiger partial charge >= 0.3 is 0 Å². The predicted octanol–water partition coefficient (Wildman–Crippen LogP) is 12.4. The fourth-order valence-electron chi connectivity index (χ4n) is 7.87. The first-order chi connectivity index (χ1) is 25.5. The van der Waals surface area contributed by atoms with Crippen molar-refractivity contribution in [3.8, 4) is 67.5 Å². The van der Waals surface area contributed by atoms with Crippen LogP contribution in [-0.2, 0) is 5.41 Å². The first-order valence-corrected chi connectivity index (χ1v) is 17.7. The van der Waals surface area contributed by atoms with Crippen LogP contribution in [0.15, 0.2) is 168 Å². The molecule has 0 atom stereocenters. The van der Waals surface area contributed by atoms with Crippen LogP contribution in [0.25, 0.3) is 89.5 Å². The van der Waals surface area contributed by atoms with E-state index in [9.17, 15) is 0 Å². The second-order valence-corrected chi connectivity index (χ2v) is 14.0. The average Bonchev–Trinajstić information content (AvgIpc) is 3.70. The van der Waals surface area contributed by atoms with Crippen molar-refractivity contribution in [1.29, 1.82) is 0 Å². The number of hydrogen-bond donors (Lipinski definition) is 0. The Hall–Kier alpha value is -6.65. The maximum Gasteiger partial charge on any atom is 0.164 e. The van der Waals surface area contributed by atoms with E-state index in [0.717, 1.165) is 55.3 Å². The second-order valence-electron chi connectivity index (χ2n) is 14.0. The van der Waals surface area contributed by atoms with Crippen LogP contribution in [0.1, 0.15) is 25.0 Å². The monoisotopic (exact) mass is 667 g/mol. The van der Waals surface area contributed by atoms with Gasteiger partial charge in [-0.1, -0.05) is 153 Å². The molecule has 0 aliphatic heterocycles. The highest BCUT2D eigenvalue weighted by molar-refractivity contribution is 6.13. The van der Waals surface area contributed by atoms with Crippen molar-refractivity contribution in [3.63, 3.8) is 0 Å². The molecule has 0 saturated heterocycles. The molecule has 0 unspecified atom stereocenters. The van der Waals surface area contributed by atoms with Crippen molar-refractivity contribution in [2.75, 3.05) is 0 Å². The van der Waals surface area contributed by atoms with Crippen molar-refractivity contribution in [2.45, 2.75) is 19.3 Å². The smallest absolute Gasteiger partial charge is 0.164 e. The molecule has 7 aromatic carbocycles. The molecule has 2 aromatic heterocycles. The van der Waals surface area contributed by atoms with Gasteiger partial charge in [-0.15, -0.1) is 0 Å². The summed E-state index contributed by atoms with van der Waals surface area (Å²) in [5.74, 6) is 1.85. The summed E-state index contributed by atoms with van der Waals surface area (Å²) in [4.78, 5) is 15.7. The summed E-state index contributed by atoms with van der Waals surface area (Å²) in [6.07, 6.45) is 0. The zero-order valence-electron chi connectivity index (χ0n) is 28.8. The third kappa shape index (κ3) is 4.87. The van der Waals surface area contributed by atoms with Crippen molar-refractivity contribution in [3.05, 3.63) is 175 Å². The van der Waals surface area contributed by atoms with E-state index < -0.39 is 0 Å². The third-order valence-corrected chi connectivity index (χ3v) is 10.6. The summed E-state index contributed by atoms with van der Waals surface area (Å²) in [6.45, 7) is 4.60. The Bertz CT molecular complexity index is 2800. The molecule has 0 spiro atoms. The molecule has 0 amide bonds. The maximum atomic E-state index is 6.49. The molecule has 246 valence electrons. The molecule has 0 radical (unpaired) electrons. The van der Waals surface area contributed by atoms with Crippen LogP contribution in [-0.4, -0.2) is 15.0 Å². The molecule has 4 nitrogen and oxygen atoms in total. The van der Waals surface area contributed by atoms with Gasteiger partial charge < -0.3 is 4.42 Å². The van der Waals surface area contributed by atoms with Gasteiger partial charge in [0.1, 0.15) is 11.2 Å². The van der Waals surface area contributed by atoms with Gasteiger partial charge in [0, 0.05) is 32.9 Å². The van der Waals surface area contributed by atoms with Gasteiger partial charge in [-0.3, -0.25) is 0 Å². The van der Waals surface area contributed by atoms with Crippen LogP contribution in [0.3, 0.4) is 0 Å². The lowest BCUT2D eigenvalue weighted by molar-refractivity contribution is 0.660. The van der Waals surface area contributed by atoms with E-state index in [-0.39, 0.29) is 5.41 Å². The van der Waals surface area contributed by atoms with Crippen LogP contribution in [0.4, 0.5) is 0 Å². The largest absolute Gasteiger partial charge is 0.456 e. The zero-order chi connectivity index (χ0) is 34.8. The van der Waals surface area contributed by atoms with Crippen LogP contribution in [0.2, 0.25) is 0 Å². The molecule has 1 aliphatic carbocycles. The summed E-state index contributed by atoms with van der Waals surface area (Å²) in [5, 5.41) is 2.02.